The van der Waals surface area contributed by atoms with Gasteiger partial charge >= 0.3 is 0 Å². The summed E-state index contributed by atoms with van der Waals surface area (Å²) in [7, 11) is 1.66. The second-order valence-electron chi connectivity index (χ2n) is 5.85. The van der Waals surface area contributed by atoms with Crippen molar-refractivity contribution in [2.75, 3.05) is 7.11 Å². The van der Waals surface area contributed by atoms with Gasteiger partial charge in [0.25, 0.3) is 0 Å². The molecule has 0 spiro atoms. The van der Waals surface area contributed by atoms with Gasteiger partial charge in [-0.2, -0.15) is 0 Å². The number of hydrogen-bond acceptors (Lipinski definition) is 2. The number of ether oxygens (including phenoxy) is 1. The van der Waals surface area contributed by atoms with Crippen LogP contribution >= 0.6 is 0 Å². The van der Waals surface area contributed by atoms with Crippen molar-refractivity contribution in [2.24, 2.45) is 0 Å². The van der Waals surface area contributed by atoms with Crippen LogP contribution in [0.5, 0.6) is 5.75 Å². The smallest absolute Gasteiger partial charge is 0.127 e. The molecular formula is C19H24O2. The topological polar surface area (TPSA) is 29.5 Å². The monoisotopic (exact) mass is 284 g/mol. The normalized spacial score (nSPS) is 12.3. The molecule has 0 aromatic heterocycles. The minimum absolute atomic E-state index is 0.555. The van der Waals surface area contributed by atoms with Crippen LogP contribution in [0.1, 0.15) is 39.5 Å². The maximum atomic E-state index is 10.6. The summed E-state index contributed by atoms with van der Waals surface area (Å²) in [4.78, 5) is 0. The van der Waals surface area contributed by atoms with Crippen molar-refractivity contribution in [3.8, 4) is 5.75 Å². The largest absolute Gasteiger partial charge is 0.496 e. The van der Waals surface area contributed by atoms with Gasteiger partial charge < -0.3 is 9.84 Å². The first kappa shape index (κ1) is 15.6. The van der Waals surface area contributed by atoms with Gasteiger partial charge in [0, 0.05) is 12.0 Å². The number of aliphatic hydroxyl groups is 1. The highest BCUT2D eigenvalue weighted by atomic mass is 16.5. The van der Waals surface area contributed by atoms with Crippen molar-refractivity contribution in [2.45, 2.75) is 40.2 Å². The predicted octanol–water partition coefficient (Wildman–Crippen LogP) is 4.20. The van der Waals surface area contributed by atoms with E-state index in [-0.39, 0.29) is 0 Å². The fourth-order valence-corrected chi connectivity index (χ4v) is 2.86. The maximum Gasteiger partial charge on any atom is 0.127 e. The highest BCUT2D eigenvalue weighted by molar-refractivity contribution is 5.46. The molecule has 112 valence electrons. The Labute approximate surface area is 127 Å². The van der Waals surface area contributed by atoms with E-state index in [1.165, 1.54) is 16.7 Å². The van der Waals surface area contributed by atoms with Gasteiger partial charge in [0.15, 0.2) is 0 Å². The summed E-state index contributed by atoms with van der Waals surface area (Å²) < 4.78 is 5.50. The van der Waals surface area contributed by atoms with E-state index in [9.17, 15) is 5.11 Å². The van der Waals surface area contributed by atoms with Gasteiger partial charge in [0.1, 0.15) is 5.75 Å². The van der Waals surface area contributed by atoms with E-state index < -0.39 is 6.10 Å². The lowest BCUT2D eigenvalue weighted by Gasteiger charge is -2.18. The van der Waals surface area contributed by atoms with Gasteiger partial charge in [-0.05, 0) is 44.4 Å². The van der Waals surface area contributed by atoms with Crippen LogP contribution in [0.2, 0.25) is 0 Å². The average molecular weight is 284 g/mol. The number of rotatable bonds is 4. The quantitative estimate of drug-likeness (QED) is 0.911. The Morgan fingerprint density at radius 2 is 1.62 bits per heavy atom. The van der Waals surface area contributed by atoms with Crippen LogP contribution < -0.4 is 4.74 Å². The van der Waals surface area contributed by atoms with Crippen molar-refractivity contribution in [3.05, 3.63) is 63.7 Å². The highest BCUT2D eigenvalue weighted by Gasteiger charge is 2.17. The number of benzene rings is 2. The fourth-order valence-electron chi connectivity index (χ4n) is 2.86. The Bertz CT molecular complexity index is 624. The maximum absolute atomic E-state index is 10.6. The zero-order chi connectivity index (χ0) is 15.6. The molecular weight excluding hydrogens is 260 g/mol. The van der Waals surface area contributed by atoms with Gasteiger partial charge in [-0.1, -0.05) is 41.5 Å². The summed E-state index contributed by atoms with van der Waals surface area (Å²) >= 11 is 0. The van der Waals surface area contributed by atoms with Gasteiger partial charge in [0.05, 0.1) is 13.2 Å². The number of hydrogen-bond donors (Lipinski definition) is 1. The molecule has 0 heterocycles. The van der Waals surface area contributed by atoms with Gasteiger partial charge in [-0.15, -0.1) is 0 Å². The van der Waals surface area contributed by atoms with Crippen LogP contribution in [-0.2, 0) is 6.42 Å². The molecule has 0 saturated carbocycles. The zero-order valence-electron chi connectivity index (χ0n) is 13.5. The number of methoxy groups -OCH3 is 1. The molecule has 21 heavy (non-hydrogen) atoms. The van der Waals surface area contributed by atoms with Gasteiger partial charge in [-0.3, -0.25) is 0 Å². The van der Waals surface area contributed by atoms with Crippen LogP contribution in [0.4, 0.5) is 0 Å². The average Bonchev–Trinajstić information content (AvgIpc) is 2.40. The van der Waals surface area contributed by atoms with Crippen LogP contribution in [-0.4, -0.2) is 12.2 Å². The Morgan fingerprint density at radius 3 is 2.19 bits per heavy atom. The molecule has 0 saturated heterocycles. The predicted molar refractivity (Wildman–Crippen MR) is 87.0 cm³/mol. The third kappa shape index (κ3) is 3.45. The van der Waals surface area contributed by atoms with Crippen LogP contribution in [0.15, 0.2) is 30.3 Å². The minimum Gasteiger partial charge on any atom is -0.496 e. The summed E-state index contributed by atoms with van der Waals surface area (Å²) in [5, 5.41) is 10.6. The van der Waals surface area contributed by atoms with Gasteiger partial charge in [0.2, 0.25) is 0 Å². The molecule has 0 aliphatic heterocycles. The summed E-state index contributed by atoms with van der Waals surface area (Å²) in [6.07, 6.45) is 0.0435. The van der Waals surface area contributed by atoms with E-state index >= 15 is 0 Å². The van der Waals surface area contributed by atoms with E-state index in [1.807, 2.05) is 19.1 Å². The first-order valence-electron chi connectivity index (χ1n) is 7.31. The second kappa shape index (κ2) is 6.31. The fraction of sp³-hybridized carbons (Fsp3) is 0.368. The molecule has 0 amide bonds. The molecule has 2 aromatic rings. The standard InChI is InChI=1S/C19H24O2/c1-12-8-13(2)10-16(9-12)11-18(20)17-7-6-14(3)15(4)19(17)21-5/h6-10,18,20H,11H2,1-5H3. The van der Waals surface area contributed by atoms with Crippen molar-refractivity contribution >= 4 is 0 Å². The summed E-state index contributed by atoms with van der Waals surface area (Å²) in [5.41, 5.74) is 6.73. The van der Waals surface area contributed by atoms with E-state index in [0.717, 1.165) is 22.4 Å². The molecule has 1 atom stereocenters. The Hall–Kier alpha value is -1.80. The summed E-state index contributed by atoms with van der Waals surface area (Å²) in [6.45, 7) is 8.25. The molecule has 0 bridgehead atoms. The second-order valence-corrected chi connectivity index (χ2v) is 5.85. The Kier molecular flexibility index (Phi) is 4.69. The van der Waals surface area contributed by atoms with Gasteiger partial charge in [-0.25, -0.2) is 0 Å². The number of aryl methyl sites for hydroxylation is 3. The minimum atomic E-state index is -0.555. The molecule has 2 nitrogen and oxygen atoms in total. The Morgan fingerprint density at radius 1 is 1.00 bits per heavy atom. The first-order chi connectivity index (χ1) is 9.92. The van der Waals surface area contributed by atoms with Crippen molar-refractivity contribution < 1.29 is 9.84 Å². The van der Waals surface area contributed by atoms with Crippen molar-refractivity contribution in [3.63, 3.8) is 0 Å². The van der Waals surface area contributed by atoms with Crippen molar-refractivity contribution in [1.82, 2.24) is 0 Å². The first-order valence-corrected chi connectivity index (χ1v) is 7.31. The molecule has 2 heteroatoms. The third-order valence-electron chi connectivity index (χ3n) is 3.98. The molecule has 0 radical (unpaired) electrons. The lowest BCUT2D eigenvalue weighted by molar-refractivity contribution is 0.174. The van der Waals surface area contributed by atoms with E-state index in [0.29, 0.717) is 6.42 Å². The molecule has 0 aliphatic rings. The van der Waals surface area contributed by atoms with E-state index in [1.54, 1.807) is 7.11 Å². The molecule has 2 aromatic carbocycles. The van der Waals surface area contributed by atoms with E-state index in [2.05, 4.69) is 39.0 Å². The molecule has 1 N–H and O–H groups in total. The molecule has 0 aliphatic carbocycles. The van der Waals surface area contributed by atoms with Crippen LogP contribution in [0, 0.1) is 27.7 Å². The lowest BCUT2D eigenvalue weighted by atomic mass is 9.95. The summed E-state index contributed by atoms with van der Waals surface area (Å²) in [5.74, 6) is 0.798. The molecule has 0 fully saturated rings. The highest BCUT2D eigenvalue weighted by Crippen LogP contribution is 2.32. The Balaban J connectivity index is 2.32. The third-order valence-corrected chi connectivity index (χ3v) is 3.98. The van der Waals surface area contributed by atoms with Crippen molar-refractivity contribution in [1.29, 1.82) is 0 Å². The number of aliphatic hydroxyl groups excluding tert-OH is 1. The lowest BCUT2D eigenvalue weighted by Crippen LogP contribution is -2.06. The van der Waals surface area contributed by atoms with E-state index in [4.69, 9.17) is 4.74 Å². The van der Waals surface area contributed by atoms with Crippen LogP contribution in [0.25, 0.3) is 0 Å². The summed E-state index contributed by atoms with van der Waals surface area (Å²) in [6, 6.07) is 10.4. The molecule has 2 rings (SSSR count). The molecule has 1 unspecified atom stereocenters. The SMILES string of the molecule is COc1c(C(O)Cc2cc(C)cc(C)c2)ccc(C)c1C. The zero-order valence-corrected chi connectivity index (χ0v) is 13.5. The van der Waals surface area contributed by atoms with Crippen LogP contribution in [0.3, 0.4) is 0 Å².